The van der Waals surface area contributed by atoms with Crippen LogP contribution in [0.25, 0.3) is 0 Å². The molecule has 0 unspecified atom stereocenters. The Kier molecular flexibility index (Phi) is 6.51. The fraction of sp³-hybridized carbons (Fsp3) is 0.259. The molecule has 0 spiro atoms. The first-order valence-electron chi connectivity index (χ1n) is 11.6. The smallest absolute Gasteiger partial charge is 0.338 e. The molecule has 36 heavy (non-hydrogen) atoms. The van der Waals surface area contributed by atoms with Gasteiger partial charge in [0.2, 0.25) is 9.84 Å². The fourth-order valence-electron chi connectivity index (χ4n) is 4.47. The zero-order chi connectivity index (χ0) is 25.3. The van der Waals surface area contributed by atoms with E-state index in [0.29, 0.717) is 12.4 Å². The summed E-state index contributed by atoms with van der Waals surface area (Å²) in [5.74, 6) is -0.490. The largest absolute Gasteiger partial charge is 0.497 e. The van der Waals surface area contributed by atoms with Crippen LogP contribution < -0.4 is 9.64 Å². The number of hydrogen-bond acceptors (Lipinski definition) is 7. The molecule has 1 saturated heterocycles. The van der Waals surface area contributed by atoms with Crippen molar-refractivity contribution in [2.45, 2.75) is 35.3 Å². The molecule has 0 saturated carbocycles. The van der Waals surface area contributed by atoms with Gasteiger partial charge in [-0.15, -0.1) is 0 Å². The Labute approximate surface area is 209 Å². The molecule has 2 aliphatic rings. The van der Waals surface area contributed by atoms with Crippen LogP contribution in [0.4, 0.5) is 5.69 Å². The van der Waals surface area contributed by atoms with E-state index in [0.717, 1.165) is 18.4 Å². The number of fused-ring (bicyclic) bond motifs is 2. The summed E-state index contributed by atoms with van der Waals surface area (Å²) in [5, 5.41) is 0. The second-order valence-corrected chi connectivity index (χ2v) is 10.5. The van der Waals surface area contributed by atoms with E-state index < -0.39 is 21.7 Å². The summed E-state index contributed by atoms with van der Waals surface area (Å²) in [5.41, 5.74) is 1.07. The summed E-state index contributed by atoms with van der Waals surface area (Å²) in [4.78, 5) is 27.8. The van der Waals surface area contributed by atoms with Gasteiger partial charge in [0.1, 0.15) is 12.4 Å². The number of nitrogens with zero attached hydrogens (tertiary/aromatic N) is 1. The highest BCUT2D eigenvalue weighted by molar-refractivity contribution is 7.91. The minimum atomic E-state index is -4.04. The van der Waals surface area contributed by atoms with Crippen molar-refractivity contribution < 1.29 is 32.2 Å². The zero-order valence-electron chi connectivity index (χ0n) is 19.7. The van der Waals surface area contributed by atoms with Crippen LogP contribution in [0.3, 0.4) is 0 Å². The SMILES string of the molecule is COc1cccc(CN2C(=O)c3ccccc3S(=O)(=O)c3ccc(C(=O)OC[C@H]4CCCO4)cc32)c1. The average molecular weight is 508 g/mol. The minimum absolute atomic E-state index is 0.0561. The summed E-state index contributed by atoms with van der Waals surface area (Å²) in [6, 6.07) is 17.5. The van der Waals surface area contributed by atoms with Crippen LogP contribution in [-0.2, 0) is 25.9 Å². The first-order valence-corrected chi connectivity index (χ1v) is 13.1. The standard InChI is InChI=1S/C27H25NO7S/c1-33-20-7-4-6-18(14-20)16-28-23-15-19(27(30)35-17-21-8-5-13-34-21)11-12-25(23)36(31,32)24-10-3-2-9-22(24)26(28)29/h2-4,6-7,9-12,14-15,21H,5,8,13,16-17H2,1H3/t21-/m1/s1. The highest BCUT2D eigenvalue weighted by Crippen LogP contribution is 2.38. The highest BCUT2D eigenvalue weighted by atomic mass is 32.2. The number of hydrogen-bond donors (Lipinski definition) is 0. The van der Waals surface area contributed by atoms with Crippen LogP contribution in [0.15, 0.2) is 76.5 Å². The topological polar surface area (TPSA) is 99.2 Å². The molecule has 2 heterocycles. The molecule has 5 rings (SSSR count). The molecule has 3 aromatic carbocycles. The molecule has 2 aliphatic heterocycles. The number of carbonyl (C=O) groups excluding carboxylic acids is 2. The van der Waals surface area contributed by atoms with E-state index in [4.69, 9.17) is 14.2 Å². The molecule has 3 aromatic rings. The number of methoxy groups -OCH3 is 1. The van der Waals surface area contributed by atoms with Gasteiger partial charge in [0.25, 0.3) is 5.91 Å². The van der Waals surface area contributed by atoms with Crippen molar-refractivity contribution in [1.29, 1.82) is 0 Å². The number of ether oxygens (including phenoxy) is 3. The Hall–Kier alpha value is -3.69. The number of esters is 1. The molecule has 1 atom stereocenters. The van der Waals surface area contributed by atoms with E-state index in [1.807, 2.05) is 6.07 Å². The lowest BCUT2D eigenvalue weighted by Gasteiger charge is -2.23. The Morgan fingerprint density at radius 1 is 1.06 bits per heavy atom. The molecule has 0 bridgehead atoms. The third-order valence-corrected chi connectivity index (χ3v) is 8.19. The molecule has 1 amide bonds. The average Bonchev–Trinajstić information content (AvgIpc) is 3.41. The first-order chi connectivity index (χ1) is 17.4. The molecular weight excluding hydrogens is 482 g/mol. The Morgan fingerprint density at radius 2 is 1.89 bits per heavy atom. The molecule has 1 fully saturated rings. The minimum Gasteiger partial charge on any atom is -0.497 e. The maximum Gasteiger partial charge on any atom is 0.338 e. The lowest BCUT2D eigenvalue weighted by molar-refractivity contribution is 0.0161. The first kappa shape index (κ1) is 24.0. The van der Waals surface area contributed by atoms with Gasteiger partial charge in [-0.3, -0.25) is 4.79 Å². The summed E-state index contributed by atoms with van der Waals surface area (Å²) in [7, 11) is -2.49. The maximum atomic E-state index is 13.7. The van der Waals surface area contributed by atoms with Crippen LogP contribution in [0.5, 0.6) is 5.75 Å². The van der Waals surface area contributed by atoms with Crippen molar-refractivity contribution in [3.05, 3.63) is 83.4 Å². The summed E-state index contributed by atoms with van der Waals surface area (Å²) < 4.78 is 43.5. The van der Waals surface area contributed by atoms with Crippen molar-refractivity contribution >= 4 is 27.4 Å². The monoisotopic (exact) mass is 507 g/mol. The van der Waals surface area contributed by atoms with Gasteiger partial charge in [-0.2, -0.15) is 0 Å². The molecule has 8 nitrogen and oxygen atoms in total. The number of benzene rings is 3. The molecule has 0 aromatic heterocycles. The van der Waals surface area contributed by atoms with E-state index in [9.17, 15) is 18.0 Å². The van der Waals surface area contributed by atoms with Gasteiger partial charge in [0.05, 0.1) is 46.4 Å². The predicted octanol–water partition coefficient (Wildman–Crippen LogP) is 4.02. The van der Waals surface area contributed by atoms with Crippen molar-refractivity contribution in [2.24, 2.45) is 0 Å². The van der Waals surface area contributed by atoms with Crippen LogP contribution >= 0.6 is 0 Å². The van der Waals surface area contributed by atoms with Gasteiger partial charge in [0, 0.05) is 6.61 Å². The second-order valence-electron chi connectivity index (χ2n) is 8.66. The van der Waals surface area contributed by atoms with E-state index in [2.05, 4.69) is 0 Å². The summed E-state index contributed by atoms with van der Waals surface area (Å²) in [6.45, 7) is 0.828. The number of sulfone groups is 1. The Balaban J connectivity index is 1.58. The van der Waals surface area contributed by atoms with Gasteiger partial charge in [-0.1, -0.05) is 24.3 Å². The van der Waals surface area contributed by atoms with Crippen molar-refractivity contribution in [2.75, 3.05) is 25.2 Å². The van der Waals surface area contributed by atoms with E-state index in [1.165, 1.54) is 35.2 Å². The van der Waals surface area contributed by atoms with Gasteiger partial charge in [0.15, 0.2) is 0 Å². The van der Waals surface area contributed by atoms with Crippen molar-refractivity contribution in [1.82, 2.24) is 0 Å². The lowest BCUT2D eigenvalue weighted by atomic mass is 10.1. The van der Waals surface area contributed by atoms with Gasteiger partial charge < -0.3 is 19.1 Å². The number of anilines is 1. The van der Waals surface area contributed by atoms with Crippen molar-refractivity contribution in [3.63, 3.8) is 0 Å². The normalized spacial score (nSPS) is 18.2. The number of rotatable bonds is 6. The number of amides is 1. The second kappa shape index (κ2) is 9.75. The van der Waals surface area contributed by atoms with Crippen LogP contribution in [-0.4, -0.2) is 46.7 Å². The van der Waals surface area contributed by atoms with E-state index in [-0.39, 0.29) is 45.9 Å². The molecule has 9 heteroatoms. The fourth-order valence-corrected chi connectivity index (χ4v) is 6.10. The van der Waals surface area contributed by atoms with Crippen LogP contribution in [0.2, 0.25) is 0 Å². The van der Waals surface area contributed by atoms with Crippen LogP contribution in [0, 0.1) is 0 Å². The molecular formula is C27H25NO7S. The summed E-state index contributed by atoms with van der Waals surface area (Å²) in [6.07, 6.45) is 1.59. The quantitative estimate of drug-likeness (QED) is 0.465. The molecule has 0 N–H and O–H groups in total. The molecule has 186 valence electrons. The molecule has 0 radical (unpaired) electrons. The van der Waals surface area contributed by atoms with Crippen molar-refractivity contribution in [3.8, 4) is 5.75 Å². The molecule has 0 aliphatic carbocycles. The van der Waals surface area contributed by atoms with E-state index in [1.54, 1.807) is 37.4 Å². The van der Waals surface area contributed by atoms with Gasteiger partial charge in [-0.25, -0.2) is 13.2 Å². The Bertz CT molecular complexity index is 1430. The zero-order valence-corrected chi connectivity index (χ0v) is 20.5. The third kappa shape index (κ3) is 4.47. The maximum absolute atomic E-state index is 13.7. The van der Waals surface area contributed by atoms with Gasteiger partial charge >= 0.3 is 5.97 Å². The third-order valence-electron chi connectivity index (χ3n) is 6.33. The van der Waals surface area contributed by atoms with E-state index >= 15 is 0 Å². The lowest BCUT2D eigenvalue weighted by Crippen LogP contribution is -2.30. The predicted molar refractivity (Wildman–Crippen MR) is 131 cm³/mol. The highest BCUT2D eigenvalue weighted by Gasteiger charge is 2.36. The number of carbonyl (C=O) groups is 2. The summed E-state index contributed by atoms with van der Waals surface area (Å²) >= 11 is 0. The van der Waals surface area contributed by atoms with Crippen LogP contribution in [0.1, 0.15) is 39.1 Å². The Morgan fingerprint density at radius 3 is 2.67 bits per heavy atom. The van der Waals surface area contributed by atoms with Gasteiger partial charge in [-0.05, 0) is 60.9 Å².